The van der Waals surface area contributed by atoms with Crippen molar-refractivity contribution in [2.45, 2.75) is 33.4 Å². The predicted octanol–water partition coefficient (Wildman–Crippen LogP) is 3.56. The lowest BCUT2D eigenvalue weighted by Gasteiger charge is -2.09. The van der Waals surface area contributed by atoms with Crippen molar-refractivity contribution in [1.29, 1.82) is 0 Å². The molecule has 0 aliphatic carbocycles. The Hall–Kier alpha value is -2.33. The molecule has 4 nitrogen and oxygen atoms in total. The highest BCUT2D eigenvalue weighted by Gasteiger charge is 2.11. The van der Waals surface area contributed by atoms with Crippen molar-refractivity contribution >= 4 is 5.65 Å². The third-order valence-corrected chi connectivity index (χ3v) is 3.65. The van der Waals surface area contributed by atoms with E-state index in [1.807, 2.05) is 38.1 Å². The summed E-state index contributed by atoms with van der Waals surface area (Å²) in [4.78, 5) is 4.73. The van der Waals surface area contributed by atoms with Gasteiger partial charge in [-0.25, -0.2) is 4.98 Å². The van der Waals surface area contributed by atoms with Crippen LogP contribution in [0.2, 0.25) is 0 Å². The first-order chi connectivity index (χ1) is 10.6. The minimum Gasteiger partial charge on any atom is -0.491 e. The standard InChI is InChI=1S/C18H21N3O/c1-12(2)22-16-7-5-15(6-8-16)18-13(3)21-11-14(10-19)4-9-17(21)20-18/h4-9,11-12H,10,19H2,1-3H3. The van der Waals surface area contributed by atoms with Gasteiger partial charge in [-0.3, -0.25) is 0 Å². The topological polar surface area (TPSA) is 52.5 Å². The number of nitrogens with two attached hydrogens (primary N) is 1. The van der Waals surface area contributed by atoms with Crippen LogP contribution in [0.15, 0.2) is 42.6 Å². The van der Waals surface area contributed by atoms with Gasteiger partial charge in [0.2, 0.25) is 0 Å². The van der Waals surface area contributed by atoms with E-state index in [-0.39, 0.29) is 6.10 Å². The van der Waals surface area contributed by atoms with Gasteiger partial charge in [-0.2, -0.15) is 0 Å². The van der Waals surface area contributed by atoms with E-state index in [9.17, 15) is 0 Å². The summed E-state index contributed by atoms with van der Waals surface area (Å²) < 4.78 is 7.78. The van der Waals surface area contributed by atoms with Gasteiger partial charge in [0.05, 0.1) is 11.8 Å². The summed E-state index contributed by atoms with van der Waals surface area (Å²) in [5.41, 5.74) is 10.9. The molecule has 0 atom stereocenters. The monoisotopic (exact) mass is 295 g/mol. The van der Waals surface area contributed by atoms with Gasteiger partial charge in [0.1, 0.15) is 11.4 Å². The number of hydrogen-bond donors (Lipinski definition) is 1. The SMILES string of the molecule is Cc1c(-c2ccc(OC(C)C)cc2)nc2ccc(CN)cn12. The number of ether oxygens (including phenoxy) is 1. The average molecular weight is 295 g/mol. The molecule has 0 spiro atoms. The molecule has 0 bridgehead atoms. The summed E-state index contributed by atoms with van der Waals surface area (Å²) in [5, 5.41) is 0. The molecule has 3 aromatic rings. The van der Waals surface area contributed by atoms with Crippen molar-refractivity contribution in [3.8, 4) is 17.0 Å². The zero-order chi connectivity index (χ0) is 15.7. The number of fused-ring (bicyclic) bond motifs is 1. The molecule has 1 aromatic carbocycles. The van der Waals surface area contributed by atoms with Gasteiger partial charge in [0.25, 0.3) is 0 Å². The molecule has 114 valence electrons. The first kappa shape index (κ1) is 14.6. The maximum atomic E-state index is 5.72. The maximum Gasteiger partial charge on any atom is 0.137 e. The van der Waals surface area contributed by atoms with Crippen LogP contribution in [0, 0.1) is 6.92 Å². The fourth-order valence-electron chi connectivity index (χ4n) is 2.56. The van der Waals surface area contributed by atoms with Crippen LogP contribution in [0.5, 0.6) is 5.75 Å². The molecule has 2 heterocycles. The zero-order valence-electron chi connectivity index (χ0n) is 13.2. The summed E-state index contributed by atoms with van der Waals surface area (Å²) >= 11 is 0. The fourth-order valence-corrected chi connectivity index (χ4v) is 2.56. The Bertz CT molecular complexity index is 788. The molecular weight excluding hydrogens is 274 g/mol. The van der Waals surface area contributed by atoms with Crippen molar-refractivity contribution in [2.24, 2.45) is 5.73 Å². The lowest BCUT2D eigenvalue weighted by atomic mass is 10.1. The van der Waals surface area contributed by atoms with E-state index in [0.29, 0.717) is 6.54 Å². The van der Waals surface area contributed by atoms with E-state index >= 15 is 0 Å². The number of pyridine rings is 1. The number of aromatic nitrogens is 2. The van der Waals surface area contributed by atoms with E-state index in [2.05, 4.69) is 29.7 Å². The molecule has 22 heavy (non-hydrogen) atoms. The van der Waals surface area contributed by atoms with Crippen LogP contribution in [-0.4, -0.2) is 15.5 Å². The van der Waals surface area contributed by atoms with Gasteiger partial charge in [0, 0.05) is 24.0 Å². The van der Waals surface area contributed by atoms with Gasteiger partial charge in [-0.05, 0) is 56.7 Å². The second kappa shape index (κ2) is 5.81. The van der Waals surface area contributed by atoms with Crippen molar-refractivity contribution in [3.05, 3.63) is 53.9 Å². The van der Waals surface area contributed by atoms with E-state index in [1.54, 1.807) is 0 Å². The fraction of sp³-hybridized carbons (Fsp3) is 0.278. The molecule has 0 aliphatic heterocycles. The first-order valence-corrected chi connectivity index (χ1v) is 7.53. The molecule has 4 heteroatoms. The number of hydrogen-bond acceptors (Lipinski definition) is 3. The summed E-state index contributed by atoms with van der Waals surface area (Å²) in [6.07, 6.45) is 2.23. The molecule has 3 rings (SSSR count). The summed E-state index contributed by atoms with van der Waals surface area (Å²) in [6.45, 7) is 6.66. The molecule has 0 saturated carbocycles. The average Bonchev–Trinajstić information content (AvgIpc) is 2.84. The molecule has 0 saturated heterocycles. The highest BCUT2D eigenvalue weighted by molar-refractivity contribution is 5.67. The normalized spacial score (nSPS) is 11.3. The number of aryl methyl sites for hydroxylation is 1. The minimum absolute atomic E-state index is 0.178. The van der Waals surface area contributed by atoms with Crippen LogP contribution < -0.4 is 10.5 Å². The number of imidazole rings is 1. The highest BCUT2D eigenvalue weighted by Crippen LogP contribution is 2.26. The van der Waals surface area contributed by atoms with Crippen molar-refractivity contribution in [3.63, 3.8) is 0 Å². The first-order valence-electron chi connectivity index (χ1n) is 7.53. The molecule has 0 aliphatic rings. The van der Waals surface area contributed by atoms with E-state index in [0.717, 1.165) is 33.9 Å². The summed E-state index contributed by atoms with van der Waals surface area (Å²) in [5.74, 6) is 0.880. The van der Waals surface area contributed by atoms with E-state index < -0.39 is 0 Å². The molecule has 0 fully saturated rings. The second-order valence-corrected chi connectivity index (χ2v) is 5.71. The van der Waals surface area contributed by atoms with E-state index in [4.69, 9.17) is 15.5 Å². The highest BCUT2D eigenvalue weighted by atomic mass is 16.5. The predicted molar refractivity (Wildman–Crippen MR) is 89.0 cm³/mol. The molecule has 2 aromatic heterocycles. The van der Waals surface area contributed by atoms with Crippen molar-refractivity contribution in [2.75, 3.05) is 0 Å². The third-order valence-electron chi connectivity index (χ3n) is 3.65. The smallest absolute Gasteiger partial charge is 0.137 e. The number of benzene rings is 1. The molecule has 0 unspecified atom stereocenters. The quantitative estimate of drug-likeness (QED) is 0.800. The van der Waals surface area contributed by atoms with Crippen molar-refractivity contribution in [1.82, 2.24) is 9.38 Å². The Labute approximate surface area is 130 Å². The number of nitrogens with zero attached hydrogens (tertiary/aromatic N) is 2. The van der Waals surface area contributed by atoms with Crippen LogP contribution in [-0.2, 0) is 6.54 Å². The maximum absolute atomic E-state index is 5.72. The third kappa shape index (κ3) is 2.70. The lowest BCUT2D eigenvalue weighted by molar-refractivity contribution is 0.242. The summed E-state index contributed by atoms with van der Waals surface area (Å²) in [7, 11) is 0. The molecule has 2 N–H and O–H groups in total. The van der Waals surface area contributed by atoms with Gasteiger partial charge >= 0.3 is 0 Å². The van der Waals surface area contributed by atoms with Crippen LogP contribution in [0.3, 0.4) is 0 Å². The van der Waals surface area contributed by atoms with E-state index in [1.165, 1.54) is 0 Å². The molecule has 0 amide bonds. The van der Waals surface area contributed by atoms with Gasteiger partial charge in [-0.15, -0.1) is 0 Å². The molecular formula is C18H21N3O. The van der Waals surface area contributed by atoms with Crippen LogP contribution in [0.4, 0.5) is 0 Å². The Morgan fingerprint density at radius 3 is 2.50 bits per heavy atom. The summed E-state index contributed by atoms with van der Waals surface area (Å²) in [6, 6.07) is 12.1. The lowest BCUT2D eigenvalue weighted by Crippen LogP contribution is -2.05. The van der Waals surface area contributed by atoms with Crippen LogP contribution in [0.1, 0.15) is 25.1 Å². The Morgan fingerprint density at radius 2 is 1.86 bits per heavy atom. The second-order valence-electron chi connectivity index (χ2n) is 5.71. The van der Waals surface area contributed by atoms with Gasteiger partial charge in [0.15, 0.2) is 0 Å². The van der Waals surface area contributed by atoms with Crippen molar-refractivity contribution < 1.29 is 4.74 Å². The van der Waals surface area contributed by atoms with Gasteiger partial charge < -0.3 is 14.9 Å². The Balaban J connectivity index is 2.00. The number of rotatable bonds is 4. The molecule has 0 radical (unpaired) electrons. The Kier molecular flexibility index (Phi) is 3.86. The minimum atomic E-state index is 0.178. The largest absolute Gasteiger partial charge is 0.491 e. The van der Waals surface area contributed by atoms with Crippen LogP contribution >= 0.6 is 0 Å². The Morgan fingerprint density at radius 1 is 1.14 bits per heavy atom. The zero-order valence-corrected chi connectivity index (χ0v) is 13.2. The van der Waals surface area contributed by atoms with Gasteiger partial charge in [-0.1, -0.05) is 6.07 Å². The van der Waals surface area contributed by atoms with Crippen LogP contribution in [0.25, 0.3) is 16.9 Å².